The van der Waals surface area contributed by atoms with Crippen LogP contribution in [0.3, 0.4) is 0 Å². The van der Waals surface area contributed by atoms with Gasteiger partial charge in [0.15, 0.2) is 0 Å². The van der Waals surface area contributed by atoms with E-state index in [0.717, 1.165) is 34.4 Å². The van der Waals surface area contributed by atoms with Crippen LogP contribution in [-0.4, -0.2) is 29.4 Å². The molecule has 0 aliphatic carbocycles. The number of aromatic amines is 1. The number of hydrogen-bond acceptors (Lipinski definition) is 2. The number of rotatable bonds is 2. The van der Waals surface area contributed by atoms with Crippen LogP contribution in [0.2, 0.25) is 0 Å². The lowest BCUT2D eigenvalue weighted by Crippen LogP contribution is -2.31. The highest BCUT2D eigenvalue weighted by Crippen LogP contribution is 2.35. The number of methoxy groups -OCH3 is 1. The van der Waals surface area contributed by atoms with E-state index in [1.165, 1.54) is 16.6 Å². The maximum absolute atomic E-state index is 13.1. The summed E-state index contributed by atoms with van der Waals surface area (Å²) in [4.78, 5) is 18.5. The molecular formula is C21H22N2O2. The summed E-state index contributed by atoms with van der Waals surface area (Å²) in [5, 5.41) is 1.22. The van der Waals surface area contributed by atoms with Crippen LogP contribution in [0.5, 0.6) is 5.75 Å². The van der Waals surface area contributed by atoms with Gasteiger partial charge < -0.3 is 14.6 Å². The van der Waals surface area contributed by atoms with Gasteiger partial charge in [-0.1, -0.05) is 17.7 Å². The highest BCUT2D eigenvalue weighted by Gasteiger charge is 2.25. The molecule has 1 N–H and O–H groups in total. The maximum Gasteiger partial charge on any atom is 0.254 e. The van der Waals surface area contributed by atoms with E-state index in [0.29, 0.717) is 13.1 Å². The van der Waals surface area contributed by atoms with Gasteiger partial charge in [0, 0.05) is 34.3 Å². The van der Waals surface area contributed by atoms with Crippen molar-refractivity contribution in [1.29, 1.82) is 0 Å². The number of nitrogens with one attached hydrogen (secondary N) is 1. The summed E-state index contributed by atoms with van der Waals surface area (Å²) in [5.74, 6) is 0.922. The average molecular weight is 334 g/mol. The standard InChI is InChI=1S/C21H22N2O2/c1-13-5-4-6-15(11-13)21(24)23-10-9-16-14(2)22-18-7-8-19(25-3)17(12-23)20(16)18/h4-8,11,22H,9-10,12H2,1-3H3. The number of ether oxygens (including phenoxy) is 1. The van der Waals surface area contributed by atoms with E-state index in [1.807, 2.05) is 42.2 Å². The van der Waals surface area contributed by atoms with Crippen LogP contribution in [0.15, 0.2) is 36.4 Å². The van der Waals surface area contributed by atoms with Crippen molar-refractivity contribution >= 4 is 16.8 Å². The van der Waals surface area contributed by atoms with Crippen molar-refractivity contribution in [1.82, 2.24) is 9.88 Å². The quantitative estimate of drug-likeness (QED) is 0.770. The molecule has 0 radical (unpaired) electrons. The Morgan fingerprint density at radius 2 is 2.00 bits per heavy atom. The van der Waals surface area contributed by atoms with Crippen molar-refractivity contribution in [3.05, 3.63) is 64.3 Å². The Balaban J connectivity index is 1.79. The fraction of sp³-hybridized carbons (Fsp3) is 0.286. The number of benzene rings is 2. The van der Waals surface area contributed by atoms with Crippen molar-refractivity contribution in [3.63, 3.8) is 0 Å². The zero-order chi connectivity index (χ0) is 17.6. The van der Waals surface area contributed by atoms with Crippen LogP contribution in [0.25, 0.3) is 10.9 Å². The lowest BCUT2D eigenvalue weighted by atomic mass is 10.0. The summed E-state index contributed by atoms with van der Waals surface area (Å²) < 4.78 is 5.60. The molecule has 0 atom stereocenters. The number of aromatic nitrogens is 1. The van der Waals surface area contributed by atoms with Gasteiger partial charge in [-0.05, 0) is 50.1 Å². The Kier molecular flexibility index (Phi) is 3.75. The van der Waals surface area contributed by atoms with Gasteiger partial charge in [0.25, 0.3) is 5.91 Å². The summed E-state index contributed by atoms with van der Waals surface area (Å²) in [6, 6.07) is 11.8. The molecule has 1 aliphatic rings. The van der Waals surface area contributed by atoms with Gasteiger partial charge in [-0.15, -0.1) is 0 Å². The van der Waals surface area contributed by atoms with Gasteiger partial charge in [-0.3, -0.25) is 4.79 Å². The molecule has 4 heteroatoms. The molecule has 4 nitrogen and oxygen atoms in total. The molecule has 0 bridgehead atoms. The molecule has 2 heterocycles. The van der Waals surface area contributed by atoms with Gasteiger partial charge in [0.1, 0.15) is 5.75 Å². The normalized spacial score (nSPS) is 13.8. The SMILES string of the molecule is COc1ccc2[nH]c(C)c3c2c1CN(C(=O)c1cccc(C)c1)CC3. The minimum Gasteiger partial charge on any atom is -0.496 e. The highest BCUT2D eigenvalue weighted by atomic mass is 16.5. The largest absolute Gasteiger partial charge is 0.496 e. The number of carbonyl (C=O) groups is 1. The van der Waals surface area contributed by atoms with Gasteiger partial charge in [0.05, 0.1) is 13.7 Å². The highest BCUT2D eigenvalue weighted by molar-refractivity contribution is 5.96. The van der Waals surface area contributed by atoms with Crippen LogP contribution in [-0.2, 0) is 13.0 Å². The van der Waals surface area contributed by atoms with Crippen molar-refractivity contribution in [2.24, 2.45) is 0 Å². The molecule has 1 aliphatic heterocycles. The van der Waals surface area contributed by atoms with Crippen LogP contribution < -0.4 is 4.74 Å². The maximum atomic E-state index is 13.1. The second-order valence-electron chi connectivity index (χ2n) is 6.74. The van der Waals surface area contributed by atoms with Crippen LogP contribution >= 0.6 is 0 Å². The summed E-state index contributed by atoms with van der Waals surface area (Å²) in [7, 11) is 1.69. The average Bonchev–Trinajstić information content (AvgIpc) is 2.80. The minimum absolute atomic E-state index is 0.0783. The predicted molar refractivity (Wildman–Crippen MR) is 99.2 cm³/mol. The van der Waals surface area contributed by atoms with E-state index in [1.54, 1.807) is 7.11 Å². The molecule has 0 spiro atoms. The van der Waals surface area contributed by atoms with E-state index in [-0.39, 0.29) is 5.91 Å². The number of H-pyrrole nitrogens is 1. The second kappa shape index (κ2) is 5.96. The molecule has 2 aromatic carbocycles. The van der Waals surface area contributed by atoms with Gasteiger partial charge in [-0.25, -0.2) is 0 Å². The topological polar surface area (TPSA) is 45.3 Å². The number of nitrogens with zero attached hydrogens (tertiary/aromatic N) is 1. The lowest BCUT2D eigenvalue weighted by molar-refractivity contribution is 0.0746. The van der Waals surface area contributed by atoms with Gasteiger partial charge in [0.2, 0.25) is 0 Å². The van der Waals surface area contributed by atoms with Crippen LogP contribution in [0.1, 0.15) is 32.7 Å². The third-order valence-electron chi connectivity index (χ3n) is 5.10. The van der Waals surface area contributed by atoms with E-state index >= 15 is 0 Å². The Hall–Kier alpha value is -2.75. The van der Waals surface area contributed by atoms with Crippen LogP contribution in [0, 0.1) is 13.8 Å². The molecule has 25 heavy (non-hydrogen) atoms. The number of aryl methyl sites for hydroxylation is 2. The third-order valence-corrected chi connectivity index (χ3v) is 5.10. The second-order valence-corrected chi connectivity index (χ2v) is 6.74. The van der Waals surface area contributed by atoms with E-state index < -0.39 is 0 Å². The van der Waals surface area contributed by atoms with Gasteiger partial charge in [-0.2, -0.15) is 0 Å². The first-order valence-electron chi connectivity index (χ1n) is 8.61. The first-order chi connectivity index (χ1) is 12.1. The molecule has 0 saturated heterocycles. The summed E-state index contributed by atoms with van der Waals surface area (Å²) >= 11 is 0. The first-order valence-corrected chi connectivity index (χ1v) is 8.61. The Labute approximate surface area is 147 Å². The smallest absolute Gasteiger partial charge is 0.254 e. The fourth-order valence-corrected chi connectivity index (χ4v) is 3.85. The molecule has 0 unspecified atom stereocenters. The van der Waals surface area contributed by atoms with Crippen molar-refractivity contribution in [2.75, 3.05) is 13.7 Å². The van der Waals surface area contributed by atoms with Crippen molar-refractivity contribution in [3.8, 4) is 5.75 Å². The molecule has 1 amide bonds. The van der Waals surface area contributed by atoms with E-state index in [4.69, 9.17) is 4.74 Å². The number of amides is 1. The van der Waals surface area contributed by atoms with Crippen LogP contribution in [0.4, 0.5) is 0 Å². The lowest BCUT2D eigenvalue weighted by Gasteiger charge is -2.22. The van der Waals surface area contributed by atoms with E-state index in [9.17, 15) is 4.79 Å². The van der Waals surface area contributed by atoms with Crippen molar-refractivity contribution < 1.29 is 9.53 Å². The minimum atomic E-state index is 0.0783. The molecule has 1 aromatic heterocycles. The predicted octanol–water partition coefficient (Wildman–Crippen LogP) is 3.99. The zero-order valence-electron chi connectivity index (χ0n) is 14.8. The Bertz CT molecular complexity index is 971. The molecule has 4 rings (SSSR count). The third kappa shape index (κ3) is 2.58. The summed E-state index contributed by atoms with van der Waals surface area (Å²) in [6.45, 7) is 5.39. The van der Waals surface area contributed by atoms with Gasteiger partial charge >= 0.3 is 0 Å². The Morgan fingerprint density at radius 3 is 2.76 bits per heavy atom. The zero-order valence-corrected chi connectivity index (χ0v) is 14.8. The van der Waals surface area contributed by atoms with Crippen molar-refractivity contribution in [2.45, 2.75) is 26.8 Å². The first kappa shape index (κ1) is 15.8. The molecule has 128 valence electrons. The molecule has 0 fully saturated rings. The Morgan fingerprint density at radius 1 is 1.16 bits per heavy atom. The summed E-state index contributed by atoms with van der Waals surface area (Å²) in [6.07, 6.45) is 0.851. The fourth-order valence-electron chi connectivity index (χ4n) is 3.85. The number of carbonyl (C=O) groups excluding carboxylic acids is 1. The van der Waals surface area contributed by atoms with E-state index in [2.05, 4.69) is 18.0 Å². The molecule has 0 saturated carbocycles. The number of hydrogen-bond donors (Lipinski definition) is 1. The monoisotopic (exact) mass is 334 g/mol. The molecular weight excluding hydrogens is 312 g/mol. The summed E-state index contributed by atoms with van der Waals surface area (Å²) in [5.41, 5.74) is 6.53. The molecule has 3 aromatic rings.